The van der Waals surface area contributed by atoms with Crippen molar-refractivity contribution in [2.45, 2.75) is 25.3 Å². The van der Waals surface area contributed by atoms with E-state index >= 15 is 0 Å². The molecule has 0 spiro atoms. The zero-order valence-electron chi connectivity index (χ0n) is 9.58. The van der Waals surface area contributed by atoms with Crippen LogP contribution in [0.2, 0.25) is 0 Å². The van der Waals surface area contributed by atoms with Gasteiger partial charge < -0.3 is 19.9 Å². The summed E-state index contributed by atoms with van der Waals surface area (Å²) in [6.45, 7) is 3.40. The van der Waals surface area contributed by atoms with Gasteiger partial charge in [0, 0.05) is 12.0 Å². The minimum atomic E-state index is -0.0128. The minimum absolute atomic E-state index is 0.0128. The Hall–Kier alpha value is -0.160. The maximum atomic E-state index is 12.3. The third-order valence-corrected chi connectivity index (χ3v) is 3.83. The highest BCUT2D eigenvalue weighted by atomic mass is 16.6. The van der Waals surface area contributed by atoms with Gasteiger partial charge in [0.1, 0.15) is 13.1 Å². The first-order valence-corrected chi connectivity index (χ1v) is 6.04. The van der Waals surface area contributed by atoms with Gasteiger partial charge in [-0.25, -0.2) is 0 Å². The normalized spacial score (nSPS) is 35.6. The Bertz CT molecular complexity index is 205. The van der Waals surface area contributed by atoms with Crippen molar-refractivity contribution in [2.24, 2.45) is 5.92 Å². The highest BCUT2D eigenvalue weighted by Gasteiger charge is 2.30. The van der Waals surface area contributed by atoms with E-state index < -0.39 is 0 Å². The van der Waals surface area contributed by atoms with E-state index in [0.29, 0.717) is 38.3 Å². The Morgan fingerprint density at radius 3 is 2.67 bits per heavy atom. The molecule has 4 heteroatoms. The molecule has 1 N–H and O–H groups in total. The third kappa shape index (κ3) is 2.91. The molecular formula is C11H22N2O2. The smallest absolute Gasteiger partial charge is 0.102 e. The SMILES string of the molecule is CNC1CCC(C[N+]2([O-])CCOCC2)C1. The largest absolute Gasteiger partial charge is 0.633 e. The lowest BCUT2D eigenvalue weighted by Gasteiger charge is -2.46. The first-order chi connectivity index (χ1) is 7.22. The molecule has 4 nitrogen and oxygen atoms in total. The molecule has 1 heterocycles. The van der Waals surface area contributed by atoms with Crippen LogP contribution < -0.4 is 5.32 Å². The Morgan fingerprint density at radius 1 is 1.33 bits per heavy atom. The van der Waals surface area contributed by atoms with Crippen molar-refractivity contribution in [1.82, 2.24) is 5.32 Å². The van der Waals surface area contributed by atoms with E-state index in [2.05, 4.69) is 5.32 Å². The Morgan fingerprint density at radius 2 is 2.07 bits per heavy atom. The standard InChI is InChI=1S/C11H22N2O2/c1-12-11-3-2-10(8-11)9-13(14)4-6-15-7-5-13/h10-12H,2-9H2,1H3. The highest BCUT2D eigenvalue weighted by Crippen LogP contribution is 2.28. The van der Waals surface area contributed by atoms with E-state index in [0.717, 1.165) is 6.54 Å². The van der Waals surface area contributed by atoms with Gasteiger partial charge in [-0.15, -0.1) is 0 Å². The van der Waals surface area contributed by atoms with Crippen LogP contribution in [0.4, 0.5) is 0 Å². The molecule has 2 unspecified atom stereocenters. The molecular weight excluding hydrogens is 192 g/mol. The van der Waals surface area contributed by atoms with E-state index in [9.17, 15) is 5.21 Å². The quantitative estimate of drug-likeness (QED) is 0.556. The number of hydroxylamine groups is 3. The highest BCUT2D eigenvalue weighted by molar-refractivity contribution is 4.79. The predicted octanol–water partition coefficient (Wildman–Crippen LogP) is 0.719. The molecule has 2 atom stereocenters. The summed E-state index contributed by atoms with van der Waals surface area (Å²) in [5.41, 5.74) is 0. The number of rotatable bonds is 3. The van der Waals surface area contributed by atoms with Crippen molar-refractivity contribution in [3.63, 3.8) is 0 Å². The van der Waals surface area contributed by atoms with Gasteiger partial charge in [0.25, 0.3) is 0 Å². The molecule has 0 radical (unpaired) electrons. The van der Waals surface area contributed by atoms with Crippen LogP contribution in [0.3, 0.4) is 0 Å². The Labute approximate surface area is 91.8 Å². The summed E-state index contributed by atoms with van der Waals surface area (Å²) in [5, 5.41) is 15.6. The fourth-order valence-corrected chi connectivity index (χ4v) is 2.83. The lowest BCUT2D eigenvalue weighted by atomic mass is 10.1. The molecule has 1 aliphatic heterocycles. The second-order valence-electron chi connectivity index (χ2n) is 4.96. The van der Waals surface area contributed by atoms with Crippen LogP contribution in [0.25, 0.3) is 0 Å². The zero-order chi connectivity index (χ0) is 10.7. The van der Waals surface area contributed by atoms with Crippen LogP contribution in [0, 0.1) is 11.1 Å². The van der Waals surface area contributed by atoms with E-state index in [1.165, 1.54) is 19.3 Å². The predicted molar refractivity (Wildman–Crippen MR) is 59.2 cm³/mol. The molecule has 15 heavy (non-hydrogen) atoms. The van der Waals surface area contributed by atoms with Crippen LogP contribution >= 0.6 is 0 Å². The van der Waals surface area contributed by atoms with Crippen molar-refractivity contribution < 1.29 is 9.38 Å². The molecule has 0 bridgehead atoms. The number of nitrogens with one attached hydrogen (secondary N) is 1. The molecule has 0 aromatic carbocycles. The van der Waals surface area contributed by atoms with E-state index in [1.54, 1.807) is 0 Å². The molecule has 1 aliphatic carbocycles. The molecule has 88 valence electrons. The molecule has 2 fully saturated rings. The van der Waals surface area contributed by atoms with Crippen LogP contribution in [0.1, 0.15) is 19.3 Å². The summed E-state index contributed by atoms with van der Waals surface area (Å²) < 4.78 is 5.23. The lowest BCUT2D eigenvalue weighted by molar-refractivity contribution is -0.891. The Balaban J connectivity index is 1.80. The summed E-state index contributed by atoms with van der Waals surface area (Å²) in [6.07, 6.45) is 3.63. The van der Waals surface area contributed by atoms with Crippen LogP contribution in [0.5, 0.6) is 0 Å². The van der Waals surface area contributed by atoms with Crippen molar-refractivity contribution in [2.75, 3.05) is 39.9 Å². The summed E-state index contributed by atoms with van der Waals surface area (Å²) in [4.78, 5) is 0. The summed E-state index contributed by atoms with van der Waals surface area (Å²) in [6, 6.07) is 0.641. The molecule has 0 amide bonds. The van der Waals surface area contributed by atoms with Gasteiger partial charge in [-0.2, -0.15) is 0 Å². The number of ether oxygens (including phenoxy) is 1. The topological polar surface area (TPSA) is 44.3 Å². The monoisotopic (exact) mass is 214 g/mol. The third-order valence-electron chi connectivity index (χ3n) is 3.83. The van der Waals surface area contributed by atoms with Gasteiger partial charge in [-0.1, -0.05) is 0 Å². The van der Waals surface area contributed by atoms with Crippen molar-refractivity contribution >= 4 is 0 Å². The number of morpholine rings is 1. The van der Waals surface area contributed by atoms with Crippen LogP contribution in [-0.2, 0) is 4.74 Å². The first kappa shape index (κ1) is 11.3. The van der Waals surface area contributed by atoms with Gasteiger partial charge in [0.15, 0.2) is 0 Å². The van der Waals surface area contributed by atoms with Gasteiger partial charge >= 0.3 is 0 Å². The molecule has 2 rings (SSSR count). The number of hydrogen-bond acceptors (Lipinski definition) is 3. The van der Waals surface area contributed by atoms with Crippen molar-refractivity contribution in [3.8, 4) is 0 Å². The van der Waals surface area contributed by atoms with Gasteiger partial charge in [0.2, 0.25) is 0 Å². The minimum Gasteiger partial charge on any atom is -0.633 e. The fourth-order valence-electron chi connectivity index (χ4n) is 2.83. The van der Waals surface area contributed by atoms with Gasteiger partial charge in [-0.05, 0) is 26.3 Å². The lowest BCUT2D eigenvalue weighted by Crippen LogP contribution is -2.52. The van der Waals surface area contributed by atoms with E-state index in [4.69, 9.17) is 4.74 Å². The van der Waals surface area contributed by atoms with Crippen LogP contribution in [-0.4, -0.2) is 50.6 Å². The molecule has 1 saturated heterocycles. The van der Waals surface area contributed by atoms with Gasteiger partial charge in [-0.3, -0.25) is 0 Å². The first-order valence-electron chi connectivity index (χ1n) is 6.04. The molecule has 0 aromatic rings. The maximum Gasteiger partial charge on any atom is 0.102 e. The second-order valence-corrected chi connectivity index (χ2v) is 4.96. The van der Waals surface area contributed by atoms with Gasteiger partial charge in [0.05, 0.1) is 19.8 Å². The average Bonchev–Trinajstić information content (AvgIpc) is 2.66. The molecule has 0 aromatic heterocycles. The fraction of sp³-hybridized carbons (Fsp3) is 1.00. The van der Waals surface area contributed by atoms with Crippen LogP contribution in [0.15, 0.2) is 0 Å². The summed E-state index contributed by atoms with van der Waals surface area (Å²) in [5.74, 6) is 0.623. The number of quaternary nitrogens is 1. The molecule has 2 aliphatic rings. The Kier molecular flexibility index (Phi) is 3.61. The van der Waals surface area contributed by atoms with Crippen molar-refractivity contribution in [3.05, 3.63) is 5.21 Å². The maximum absolute atomic E-state index is 12.3. The summed E-state index contributed by atoms with van der Waals surface area (Å²) in [7, 11) is 2.02. The van der Waals surface area contributed by atoms with E-state index in [-0.39, 0.29) is 4.65 Å². The zero-order valence-corrected chi connectivity index (χ0v) is 9.58. The second kappa shape index (κ2) is 4.78. The summed E-state index contributed by atoms with van der Waals surface area (Å²) >= 11 is 0. The van der Waals surface area contributed by atoms with Crippen molar-refractivity contribution in [1.29, 1.82) is 0 Å². The molecule has 1 saturated carbocycles. The number of hydrogen-bond donors (Lipinski definition) is 1. The number of nitrogens with zero attached hydrogens (tertiary/aromatic N) is 1. The average molecular weight is 214 g/mol. The van der Waals surface area contributed by atoms with E-state index in [1.807, 2.05) is 7.05 Å².